The van der Waals surface area contributed by atoms with Gasteiger partial charge in [0.25, 0.3) is 0 Å². The number of morpholine rings is 1. The van der Waals surface area contributed by atoms with E-state index < -0.39 is 5.41 Å². The Kier molecular flexibility index (Phi) is 5.57. The summed E-state index contributed by atoms with van der Waals surface area (Å²) >= 11 is 0. The fourth-order valence-electron chi connectivity index (χ4n) is 2.15. The molecule has 1 atom stereocenters. The third-order valence-corrected chi connectivity index (χ3v) is 3.69. The molecule has 0 aliphatic carbocycles. The van der Waals surface area contributed by atoms with Gasteiger partial charge in [0, 0.05) is 19.6 Å². The van der Waals surface area contributed by atoms with E-state index >= 15 is 0 Å². The zero-order chi connectivity index (χ0) is 13.6. The van der Waals surface area contributed by atoms with Crippen molar-refractivity contribution in [1.82, 2.24) is 10.2 Å². The Balaban J connectivity index is 2.47. The third-order valence-electron chi connectivity index (χ3n) is 3.69. The quantitative estimate of drug-likeness (QED) is 0.785. The SMILES string of the molecule is CCC(C#N)(CC)C(=O)NCC1CN(C)CCO1. The average molecular weight is 253 g/mol. The van der Waals surface area contributed by atoms with Crippen LogP contribution in [-0.2, 0) is 9.53 Å². The van der Waals surface area contributed by atoms with Gasteiger partial charge in [-0.3, -0.25) is 4.79 Å². The van der Waals surface area contributed by atoms with Crippen LogP contribution in [0.1, 0.15) is 26.7 Å². The van der Waals surface area contributed by atoms with E-state index in [2.05, 4.69) is 16.3 Å². The summed E-state index contributed by atoms with van der Waals surface area (Å²) in [5.74, 6) is -0.174. The highest BCUT2D eigenvalue weighted by Crippen LogP contribution is 2.25. The van der Waals surface area contributed by atoms with E-state index in [1.165, 1.54) is 0 Å². The first-order valence-electron chi connectivity index (χ1n) is 6.57. The molecular formula is C13H23N3O2. The topological polar surface area (TPSA) is 65.4 Å². The maximum atomic E-state index is 12.1. The lowest BCUT2D eigenvalue weighted by Gasteiger charge is -2.31. The molecule has 1 aliphatic rings. The molecule has 102 valence electrons. The molecule has 1 fully saturated rings. The van der Waals surface area contributed by atoms with Crippen molar-refractivity contribution in [2.45, 2.75) is 32.8 Å². The first-order valence-corrected chi connectivity index (χ1v) is 6.57. The van der Waals surface area contributed by atoms with Crippen molar-refractivity contribution in [3.63, 3.8) is 0 Å². The lowest BCUT2D eigenvalue weighted by molar-refractivity contribution is -0.129. The van der Waals surface area contributed by atoms with Crippen LogP contribution >= 0.6 is 0 Å². The number of rotatable bonds is 5. The number of nitrogens with one attached hydrogen (secondary N) is 1. The molecule has 18 heavy (non-hydrogen) atoms. The first-order chi connectivity index (χ1) is 8.57. The van der Waals surface area contributed by atoms with Crippen molar-refractivity contribution >= 4 is 5.91 Å². The Labute approximate surface area is 109 Å². The number of carbonyl (C=O) groups excluding carboxylic acids is 1. The molecule has 0 radical (unpaired) electrons. The number of hydrogen-bond donors (Lipinski definition) is 1. The van der Waals surface area contributed by atoms with E-state index in [4.69, 9.17) is 4.74 Å². The molecule has 1 aliphatic heterocycles. The van der Waals surface area contributed by atoms with Crippen LogP contribution in [0.2, 0.25) is 0 Å². The van der Waals surface area contributed by atoms with Gasteiger partial charge in [0.15, 0.2) is 0 Å². The lowest BCUT2D eigenvalue weighted by atomic mass is 9.83. The van der Waals surface area contributed by atoms with Gasteiger partial charge in [0.05, 0.1) is 18.8 Å². The smallest absolute Gasteiger partial charge is 0.240 e. The highest BCUT2D eigenvalue weighted by atomic mass is 16.5. The Morgan fingerprint density at radius 2 is 2.22 bits per heavy atom. The van der Waals surface area contributed by atoms with E-state index in [-0.39, 0.29) is 12.0 Å². The van der Waals surface area contributed by atoms with Crippen LogP contribution in [0.25, 0.3) is 0 Å². The normalized spacial score (nSPS) is 21.3. The Hall–Kier alpha value is -1.12. The summed E-state index contributed by atoms with van der Waals surface area (Å²) in [6, 6.07) is 2.15. The molecule has 0 spiro atoms. The Morgan fingerprint density at radius 3 is 2.72 bits per heavy atom. The van der Waals surface area contributed by atoms with Crippen molar-refractivity contribution in [3.05, 3.63) is 0 Å². The number of hydrogen-bond acceptors (Lipinski definition) is 4. The van der Waals surface area contributed by atoms with Gasteiger partial charge in [0.1, 0.15) is 5.41 Å². The zero-order valence-electron chi connectivity index (χ0n) is 11.5. The van der Waals surface area contributed by atoms with Crippen LogP contribution in [0.3, 0.4) is 0 Å². The molecule has 1 N–H and O–H groups in total. The van der Waals surface area contributed by atoms with Crippen LogP contribution in [-0.4, -0.2) is 50.2 Å². The van der Waals surface area contributed by atoms with E-state index in [0.717, 1.165) is 13.1 Å². The maximum absolute atomic E-state index is 12.1. The molecule has 1 rings (SSSR count). The molecular weight excluding hydrogens is 230 g/mol. The predicted molar refractivity (Wildman–Crippen MR) is 68.9 cm³/mol. The summed E-state index contributed by atoms with van der Waals surface area (Å²) < 4.78 is 5.57. The van der Waals surface area contributed by atoms with Gasteiger partial charge in [0.2, 0.25) is 5.91 Å². The maximum Gasteiger partial charge on any atom is 0.240 e. The third kappa shape index (κ3) is 3.44. The molecule has 5 heteroatoms. The fourth-order valence-corrected chi connectivity index (χ4v) is 2.15. The minimum absolute atomic E-state index is 0.0257. The van der Waals surface area contributed by atoms with Crippen LogP contribution in [0.15, 0.2) is 0 Å². The van der Waals surface area contributed by atoms with E-state index in [0.29, 0.717) is 26.0 Å². The molecule has 5 nitrogen and oxygen atoms in total. The second-order valence-corrected chi connectivity index (χ2v) is 4.87. The van der Waals surface area contributed by atoms with Crippen molar-refractivity contribution < 1.29 is 9.53 Å². The summed E-state index contributed by atoms with van der Waals surface area (Å²) in [6.07, 6.45) is 1.10. The molecule has 1 amide bonds. The molecule has 0 bridgehead atoms. The number of ether oxygens (including phenoxy) is 1. The summed E-state index contributed by atoms with van der Waals surface area (Å²) in [5.41, 5.74) is -0.888. The highest BCUT2D eigenvalue weighted by Gasteiger charge is 2.35. The van der Waals surface area contributed by atoms with Crippen molar-refractivity contribution in [1.29, 1.82) is 5.26 Å². The van der Waals surface area contributed by atoms with Crippen LogP contribution in [0, 0.1) is 16.7 Å². The number of nitrogens with zero attached hydrogens (tertiary/aromatic N) is 2. The largest absolute Gasteiger partial charge is 0.374 e. The predicted octanol–water partition coefficient (Wildman–Crippen LogP) is 0.763. The number of amides is 1. The summed E-state index contributed by atoms with van der Waals surface area (Å²) in [7, 11) is 2.04. The molecule has 0 saturated carbocycles. The van der Waals surface area contributed by atoms with Crippen LogP contribution < -0.4 is 5.32 Å². The van der Waals surface area contributed by atoms with Gasteiger partial charge >= 0.3 is 0 Å². The monoisotopic (exact) mass is 253 g/mol. The van der Waals surface area contributed by atoms with Crippen molar-refractivity contribution in [3.8, 4) is 6.07 Å². The van der Waals surface area contributed by atoms with Crippen LogP contribution in [0.5, 0.6) is 0 Å². The average Bonchev–Trinajstić information content (AvgIpc) is 2.39. The molecule has 1 unspecified atom stereocenters. The van der Waals surface area contributed by atoms with Gasteiger partial charge in [-0.25, -0.2) is 0 Å². The second kappa shape index (κ2) is 6.72. The molecule has 1 saturated heterocycles. The molecule has 0 aromatic rings. The van der Waals surface area contributed by atoms with E-state index in [9.17, 15) is 10.1 Å². The van der Waals surface area contributed by atoms with Gasteiger partial charge < -0.3 is 15.0 Å². The van der Waals surface area contributed by atoms with Crippen LogP contribution in [0.4, 0.5) is 0 Å². The standard InChI is InChI=1S/C13H23N3O2/c1-4-13(5-2,10-14)12(17)15-8-11-9-16(3)6-7-18-11/h11H,4-9H2,1-3H3,(H,15,17). The summed E-state index contributed by atoms with van der Waals surface area (Å²) in [6.45, 7) is 6.66. The summed E-state index contributed by atoms with van der Waals surface area (Å²) in [4.78, 5) is 14.3. The van der Waals surface area contributed by atoms with Gasteiger partial charge in [-0.15, -0.1) is 0 Å². The molecule has 0 aromatic heterocycles. The molecule has 1 heterocycles. The summed E-state index contributed by atoms with van der Waals surface area (Å²) in [5, 5.41) is 12.0. The second-order valence-electron chi connectivity index (χ2n) is 4.87. The minimum atomic E-state index is -0.888. The number of nitriles is 1. The molecule has 0 aromatic carbocycles. The van der Waals surface area contributed by atoms with Crippen molar-refractivity contribution in [2.24, 2.45) is 5.41 Å². The number of carbonyl (C=O) groups is 1. The van der Waals surface area contributed by atoms with E-state index in [1.807, 2.05) is 20.9 Å². The highest BCUT2D eigenvalue weighted by molar-refractivity contribution is 5.85. The first kappa shape index (κ1) is 14.9. The van der Waals surface area contributed by atoms with Gasteiger partial charge in [-0.05, 0) is 19.9 Å². The number of likely N-dealkylation sites (N-methyl/N-ethyl adjacent to an activating group) is 1. The van der Waals surface area contributed by atoms with Gasteiger partial charge in [-0.1, -0.05) is 13.8 Å². The van der Waals surface area contributed by atoms with Crippen molar-refractivity contribution in [2.75, 3.05) is 33.3 Å². The fraction of sp³-hybridized carbons (Fsp3) is 0.846. The zero-order valence-corrected chi connectivity index (χ0v) is 11.5. The lowest BCUT2D eigenvalue weighted by Crippen LogP contribution is -2.48. The minimum Gasteiger partial charge on any atom is -0.374 e. The van der Waals surface area contributed by atoms with E-state index in [1.54, 1.807) is 0 Å². The Morgan fingerprint density at radius 1 is 1.56 bits per heavy atom. The van der Waals surface area contributed by atoms with Gasteiger partial charge in [-0.2, -0.15) is 5.26 Å². The Bertz CT molecular complexity index is 321.